The molecule has 0 radical (unpaired) electrons. The second-order valence-electron chi connectivity index (χ2n) is 5.08. The molecule has 0 unspecified atom stereocenters. The Labute approximate surface area is 123 Å². The molecule has 21 heavy (non-hydrogen) atoms. The second kappa shape index (κ2) is 6.58. The van der Waals surface area contributed by atoms with Crippen molar-refractivity contribution >= 4 is 17.6 Å². The van der Waals surface area contributed by atoms with E-state index in [-0.39, 0.29) is 17.9 Å². The summed E-state index contributed by atoms with van der Waals surface area (Å²) in [4.78, 5) is 22.6. The topological polar surface area (TPSA) is 84.9 Å². The predicted octanol–water partition coefficient (Wildman–Crippen LogP) is 1.91. The first-order valence-electron chi connectivity index (χ1n) is 6.89. The summed E-state index contributed by atoms with van der Waals surface area (Å²) in [5.74, 6) is -0.611. The first-order chi connectivity index (χ1) is 10.1. The average Bonchev–Trinajstić information content (AvgIpc) is 3.25. The van der Waals surface area contributed by atoms with Crippen molar-refractivity contribution < 1.29 is 24.2 Å². The van der Waals surface area contributed by atoms with Gasteiger partial charge in [0.2, 0.25) is 5.91 Å². The number of aliphatic carboxylic acids is 1. The molecule has 1 aromatic rings. The summed E-state index contributed by atoms with van der Waals surface area (Å²) in [7, 11) is 0. The maximum absolute atomic E-state index is 12.2. The zero-order chi connectivity index (χ0) is 15.3. The zero-order valence-electron chi connectivity index (χ0n) is 11.9. The van der Waals surface area contributed by atoms with Crippen LogP contribution in [0.15, 0.2) is 24.3 Å². The molecule has 1 amide bonds. The van der Waals surface area contributed by atoms with Crippen LogP contribution >= 0.6 is 0 Å². The number of carboxylic acid groups (broad SMARTS) is 1. The van der Waals surface area contributed by atoms with Crippen molar-refractivity contribution in [2.45, 2.75) is 19.8 Å². The molecule has 0 aromatic heterocycles. The molecule has 114 valence electrons. The van der Waals surface area contributed by atoms with Gasteiger partial charge in [0.1, 0.15) is 5.75 Å². The minimum absolute atomic E-state index is 0.0323. The van der Waals surface area contributed by atoms with Gasteiger partial charge >= 0.3 is 5.97 Å². The van der Waals surface area contributed by atoms with Crippen molar-refractivity contribution in [3.05, 3.63) is 24.3 Å². The molecule has 0 heterocycles. The SMILES string of the molecule is CCOCC1(C(=O)Nc2ccc(OCC(=O)O)cc2)CC1. The van der Waals surface area contributed by atoms with E-state index in [0.29, 0.717) is 24.7 Å². The van der Waals surface area contributed by atoms with Gasteiger partial charge in [-0.25, -0.2) is 4.79 Å². The fourth-order valence-corrected chi connectivity index (χ4v) is 1.93. The third-order valence-corrected chi connectivity index (χ3v) is 3.39. The highest BCUT2D eigenvalue weighted by molar-refractivity contribution is 5.97. The number of nitrogens with one attached hydrogen (secondary N) is 1. The number of hydrogen-bond donors (Lipinski definition) is 2. The first-order valence-corrected chi connectivity index (χ1v) is 6.89. The standard InChI is InChI=1S/C15H19NO5/c1-2-20-10-15(7-8-15)14(19)16-11-3-5-12(6-4-11)21-9-13(17)18/h3-6H,2,7-10H2,1H3,(H,16,19)(H,17,18). The summed E-state index contributed by atoms with van der Waals surface area (Å²) < 4.78 is 10.4. The Morgan fingerprint density at radius 3 is 2.48 bits per heavy atom. The summed E-state index contributed by atoms with van der Waals surface area (Å²) in [5, 5.41) is 11.4. The lowest BCUT2D eigenvalue weighted by Crippen LogP contribution is -2.28. The van der Waals surface area contributed by atoms with Gasteiger partial charge in [-0.3, -0.25) is 4.79 Å². The van der Waals surface area contributed by atoms with E-state index in [1.54, 1.807) is 24.3 Å². The Balaban J connectivity index is 1.88. The van der Waals surface area contributed by atoms with Crippen LogP contribution in [0, 0.1) is 5.41 Å². The Bertz CT molecular complexity index is 507. The summed E-state index contributed by atoms with van der Waals surface area (Å²) in [6.07, 6.45) is 1.69. The molecule has 1 aromatic carbocycles. The second-order valence-corrected chi connectivity index (χ2v) is 5.08. The van der Waals surface area contributed by atoms with Gasteiger partial charge in [0.25, 0.3) is 0 Å². The quantitative estimate of drug-likeness (QED) is 0.764. The van der Waals surface area contributed by atoms with Gasteiger partial charge in [0.15, 0.2) is 6.61 Å². The van der Waals surface area contributed by atoms with Crippen molar-refractivity contribution in [3.63, 3.8) is 0 Å². The summed E-state index contributed by atoms with van der Waals surface area (Å²) >= 11 is 0. The number of benzene rings is 1. The monoisotopic (exact) mass is 293 g/mol. The molecule has 0 spiro atoms. The molecular formula is C15H19NO5. The highest BCUT2D eigenvalue weighted by Gasteiger charge is 2.50. The zero-order valence-corrected chi connectivity index (χ0v) is 11.9. The third-order valence-electron chi connectivity index (χ3n) is 3.39. The van der Waals surface area contributed by atoms with Gasteiger partial charge < -0.3 is 19.9 Å². The van der Waals surface area contributed by atoms with Crippen LogP contribution in [0.25, 0.3) is 0 Å². The van der Waals surface area contributed by atoms with Crippen LogP contribution in [-0.4, -0.2) is 36.8 Å². The minimum Gasteiger partial charge on any atom is -0.482 e. The molecular weight excluding hydrogens is 274 g/mol. The highest BCUT2D eigenvalue weighted by Crippen LogP contribution is 2.46. The van der Waals surface area contributed by atoms with E-state index < -0.39 is 5.97 Å². The van der Waals surface area contributed by atoms with Crippen LogP contribution < -0.4 is 10.1 Å². The van der Waals surface area contributed by atoms with Crippen LogP contribution in [0.4, 0.5) is 5.69 Å². The van der Waals surface area contributed by atoms with Crippen molar-refractivity contribution in [1.82, 2.24) is 0 Å². The van der Waals surface area contributed by atoms with Gasteiger partial charge in [-0.1, -0.05) is 0 Å². The molecule has 0 bridgehead atoms. The fraction of sp³-hybridized carbons (Fsp3) is 0.467. The molecule has 2 N–H and O–H groups in total. The van der Waals surface area contributed by atoms with Gasteiger partial charge in [-0.15, -0.1) is 0 Å². The van der Waals surface area contributed by atoms with E-state index in [4.69, 9.17) is 14.6 Å². The molecule has 2 rings (SSSR count). The smallest absolute Gasteiger partial charge is 0.341 e. The number of hydrogen-bond acceptors (Lipinski definition) is 4. The van der Waals surface area contributed by atoms with E-state index >= 15 is 0 Å². The fourth-order valence-electron chi connectivity index (χ4n) is 1.93. The van der Waals surface area contributed by atoms with Crippen molar-refractivity contribution in [2.75, 3.05) is 25.1 Å². The minimum atomic E-state index is -1.03. The maximum Gasteiger partial charge on any atom is 0.341 e. The number of anilines is 1. The van der Waals surface area contributed by atoms with E-state index in [0.717, 1.165) is 12.8 Å². The third kappa shape index (κ3) is 4.19. The molecule has 1 fully saturated rings. The van der Waals surface area contributed by atoms with Gasteiger partial charge in [-0.05, 0) is 44.0 Å². The largest absolute Gasteiger partial charge is 0.482 e. The van der Waals surface area contributed by atoms with Gasteiger partial charge in [-0.2, -0.15) is 0 Å². The Morgan fingerprint density at radius 1 is 1.29 bits per heavy atom. The molecule has 0 saturated heterocycles. The van der Waals surface area contributed by atoms with Crippen molar-refractivity contribution in [3.8, 4) is 5.75 Å². The van der Waals surface area contributed by atoms with E-state index in [1.165, 1.54) is 0 Å². The predicted molar refractivity (Wildman–Crippen MR) is 76.4 cm³/mol. The lowest BCUT2D eigenvalue weighted by molar-refractivity contribution is -0.139. The summed E-state index contributed by atoms with van der Waals surface area (Å²) in [5.41, 5.74) is 0.277. The molecule has 1 aliphatic carbocycles. The molecule has 6 heteroatoms. The molecule has 1 aliphatic rings. The van der Waals surface area contributed by atoms with E-state index in [2.05, 4.69) is 5.32 Å². The Hall–Kier alpha value is -2.08. The summed E-state index contributed by atoms with van der Waals surface area (Å²) in [6.45, 7) is 2.58. The number of ether oxygens (including phenoxy) is 2. The number of carbonyl (C=O) groups excluding carboxylic acids is 1. The molecule has 0 aliphatic heterocycles. The van der Waals surface area contributed by atoms with Gasteiger partial charge in [0, 0.05) is 12.3 Å². The number of carbonyl (C=O) groups is 2. The van der Waals surface area contributed by atoms with E-state index in [1.807, 2.05) is 6.92 Å². The highest BCUT2D eigenvalue weighted by atomic mass is 16.5. The van der Waals surface area contributed by atoms with Crippen LogP contribution in [0.2, 0.25) is 0 Å². The Kier molecular flexibility index (Phi) is 4.80. The number of rotatable bonds is 8. The molecule has 1 saturated carbocycles. The van der Waals surface area contributed by atoms with Crippen LogP contribution in [0.1, 0.15) is 19.8 Å². The average molecular weight is 293 g/mol. The van der Waals surface area contributed by atoms with Gasteiger partial charge in [0.05, 0.1) is 12.0 Å². The van der Waals surface area contributed by atoms with E-state index in [9.17, 15) is 9.59 Å². The normalized spacial score (nSPS) is 15.3. The summed E-state index contributed by atoms with van der Waals surface area (Å²) in [6, 6.07) is 6.62. The lowest BCUT2D eigenvalue weighted by Gasteiger charge is -2.15. The number of amides is 1. The Morgan fingerprint density at radius 2 is 1.95 bits per heavy atom. The maximum atomic E-state index is 12.2. The molecule has 6 nitrogen and oxygen atoms in total. The lowest BCUT2D eigenvalue weighted by atomic mass is 10.1. The first kappa shape index (κ1) is 15.3. The van der Waals surface area contributed by atoms with Crippen LogP contribution in [-0.2, 0) is 14.3 Å². The number of carboxylic acids is 1. The van der Waals surface area contributed by atoms with Crippen LogP contribution in [0.3, 0.4) is 0 Å². The van der Waals surface area contributed by atoms with Crippen molar-refractivity contribution in [2.24, 2.45) is 5.41 Å². The van der Waals surface area contributed by atoms with Crippen LogP contribution in [0.5, 0.6) is 5.75 Å². The van der Waals surface area contributed by atoms with Crippen molar-refractivity contribution in [1.29, 1.82) is 0 Å². The molecule has 0 atom stereocenters.